The molecule has 21 heavy (non-hydrogen) atoms. The Morgan fingerprint density at radius 2 is 1.86 bits per heavy atom. The maximum absolute atomic E-state index is 11.9. The second kappa shape index (κ2) is 7.46. The molecule has 3 nitrogen and oxygen atoms in total. The summed E-state index contributed by atoms with van der Waals surface area (Å²) in [4.78, 5) is 11.9. The van der Waals surface area contributed by atoms with Gasteiger partial charge in [-0.05, 0) is 37.3 Å². The van der Waals surface area contributed by atoms with Gasteiger partial charge in [-0.1, -0.05) is 41.4 Å². The van der Waals surface area contributed by atoms with Gasteiger partial charge in [0, 0.05) is 21.3 Å². The van der Waals surface area contributed by atoms with Crippen LogP contribution in [0.2, 0.25) is 10.0 Å². The van der Waals surface area contributed by atoms with E-state index in [1.165, 1.54) is 0 Å². The molecule has 2 rings (SSSR count). The monoisotopic (exact) mass is 323 g/mol. The molecule has 5 heteroatoms. The minimum atomic E-state index is -0.0573. The molecule has 0 aliphatic rings. The Morgan fingerprint density at radius 3 is 2.52 bits per heavy atom. The highest BCUT2D eigenvalue weighted by molar-refractivity contribution is 6.31. The van der Waals surface area contributed by atoms with Crippen molar-refractivity contribution in [3.8, 4) is 0 Å². The molecule has 3 N–H and O–H groups in total. The highest BCUT2D eigenvalue weighted by Gasteiger charge is 2.11. The quantitative estimate of drug-likeness (QED) is 0.871. The minimum absolute atomic E-state index is 0.0573. The van der Waals surface area contributed by atoms with Crippen LogP contribution < -0.4 is 10.6 Å². The molecule has 0 spiro atoms. The van der Waals surface area contributed by atoms with Gasteiger partial charge in [-0.25, -0.2) is 0 Å². The van der Waals surface area contributed by atoms with Crippen LogP contribution in [-0.4, -0.2) is 12.5 Å². The Hall–Kier alpha value is -1.55. The third-order valence-electron chi connectivity index (χ3n) is 3.16. The number of carbonyl (C=O) groups excluding carboxylic acids is 1. The molecular weight excluding hydrogens is 307 g/mol. The zero-order valence-corrected chi connectivity index (χ0v) is 13.2. The van der Waals surface area contributed by atoms with Crippen molar-refractivity contribution in [2.45, 2.75) is 13.0 Å². The molecule has 1 amide bonds. The first kappa shape index (κ1) is 15.8. The van der Waals surface area contributed by atoms with E-state index in [4.69, 9.17) is 23.2 Å². The molecule has 1 atom stereocenters. The molecule has 0 bridgehead atoms. The highest BCUT2D eigenvalue weighted by Crippen LogP contribution is 2.15. The second-order valence-electron chi connectivity index (χ2n) is 4.84. The number of quaternary nitrogens is 1. The van der Waals surface area contributed by atoms with Gasteiger partial charge >= 0.3 is 0 Å². The Bertz CT molecular complexity index is 614. The average molecular weight is 324 g/mol. The van der Waals surface area contributed by atoms with Crippen molar-refractivity contribution in [2.24, 2.45) is 0 Å². The van der Waals surface area contributed by atoms with Crippen LogP contribution in [0.5, 0.6) is 0 Å². The Labute approximate surface area is 134 Å². The molecule has 110 valence electrons. The SMILES string of the molecule is C[C@H]([NH2+]CC(=O)Nc1cccc(Cl)c1)c1ccc(Cl)cc1. The standard InChI is InChI=1S/C16H16Cl2N2O/c1-11(12-5-7-13(17)8-6-12)19-10-16(21)20-15-4-2-3-14(18)9-15/h2-9,11,19H,10H2,1H3,(H,20,21)/p+1/t11-/m0/s1. The Balaban J connectivity index is 1.84. The van der Waals surface area contributed by atoms with E-state index in [-0.39, 0.29) is 11.9 Å². The summed E-state index contributed by atoms with van der Waals surface area (Å²) >= 11 is 11.7. The number of carbonyl (C=O) groups is 1. The lowest BCUT2D eigenvalue weighted by molar-refractivity contribution is -0.682. The normalized spacial score (nSPS) is 12.0. The van der Waals surface area contributed by atoms with Crippen molar-refractivity contribution in [3.63, 3.8) is 0 Å². The van der Waals surface area contributed by atoms with E-state index in [0.29, 0.717) is 22.3 Å². The van der Waals surface area contributed by atoms with E-state index in [1.54, 1.807) is 18.2 Å². The lowest BCUT2D eigenvalue weighted by Gasteiger charge is -2.11. The van der Waals surface area contributed by atoms with Gasteiger partial charge in [-0.2, -0.15) is 0 Å². The number of hydrogen-bond acceptors (Lipinski definition) is 1. The lowest BCUT2D eigenvalue weighted by Crippen LogP contribution is -2.86. The molecular formula is C16H17Cl2N2O+. The van der Waals surface area contributed by atoms with E-state index in [9.17, 15) is 4.79 Å². The van der Waals surface area contributed by atoms with Gasteiger partial charge in [0.15, 0.2) is 6.54 Å². The third kappa shape index (κ3) is 5.05. The van der Waals surface area contributed by atoms with E-state index >= 15 is 0 Å². The number of nitrogens with two attached hydrogens (primary N) is 1. The van der Waals surface area contributed by atoms with E-state index < -0.39 is 0 Å². The molecule has 0 fully saturated rings. The van der Waals surface area contributed by atoms with Crippen molar-refractivity contribution < 1.29 is 10.1 Å². The van der Waals surface area contributed by atoms with Crippen LogP contribution in [0.1, 0.15) is 18.5 Å². The molecule has 0 heterocycles. The Kier molecular flexibility index (Phi) is 5.62. The summed E-state index contributed by atoms with van der Waals surface area (Å²) in [7, 11) is 0. The summed E-state index contributed by atoms with van der Waals surface area (Å²) in [5.74, 6) is -0.0573. The first-order valence-electron chi connectivity index (χ1n) is 6.69. The van der Waals surface area contributed by atoms with Crippen molar-refractivity contribution in [2.75, 3.05) is 11.9 Å². The van der Waals surface area contributed by atoms with Gasteiger partial charge in [0.25, 0.3) is 5.91 Å². The zero-order chi connectivity index (χ0) is 15.2. The number of nitrogens with one attached hydrogen (secondary N) is 1. The van der Waals surface area contributed by atoms with Crippen LogP contribution in [0.4, 0.5) is 5.69 Å². The lowest BCUT2D eigenvalue weighted by atomic mass is 10.1. The molecule has 0 aliphatic carbocycles. The molecule has 0 unspecified atom stereocenters. The maximum atomic E-state index is 11.9. The van der Waals surface area contributed by atoms with E-state index in [2.05, 4.69) is 12.2 Å². The summed E-state index contributed by atoms with van der Waals surface area (Å²) in [6, 6.07) is 14.9. The number of hydrogen-bond donors (Lipinski definition) is 2. The van der Waals surface area contributed by atoms with Gasteiger partial charge in [0.05, 0.1) is 0 Å². The fourth-order valence-corrected chi connectivity index (χ4v) is 2.28. The van der Waals surface area contributed by atoms with Crippen LogP contribution in [0.25, 0.3) is 0 Å². The zero-order valence-electron chi connectivity index (χ0n) is 11.6. The topological polar surface area (TPSA) is 45.7 Å². The number of halogens is 2. The summed E-state index contributed by atoms with van der Waals surface area (Å²) in [6.45, 7) is 2.40. The third-order valence-corrected chi connectivity index (χ3v) is 3.65. The first-order valence-corrected chi connectivity index (χ1v) is 7.44. The summed E-state index contributed by atoms with van der Waals surface area (Å²) < 4.78 is 0. The minimum Gasteiger partial charge on any atom is -0.333 e. The molecule has 0 saturated heterocycles. The first-order chi connectivity index (χ1) is 10.0. The maximum Gasteiger partial charge on any atom is 0.279 e. The number of benzene rings is 2. The van der Waals surface area contributed by atoms with E-state index in [0.717, 1.165) is 5.56 Å². The van der Waals surface area contributed by atoms with Gasteiger partial charge in [-0.15, -0.1) is 0 Å². The predicted molar refractivity (Wildman–Crippen MR) is 86.7 cm³/mol. The van der Waals surface area contributed by atoms with Crippen LogP contribution in [-0.2, 0) is 4.79 Å². The molecule has 0 radical (unpaired) electrons. The molecule has 0 aliphatic heterocycles. The van der Waals surface area contributed by atoms with Crippen molar-refractivity contribution in [1.29, 1.82) is 0 Å². The van der Waals surface area contributed by atoms with Crippen molar-refractivity contribution in [1.82, 2.24) is 0 Å². The molecule has 0 saturated carbocycles. The Morgan fingerprint density at radius 1 is 1.14 bits per heavy atom. The van der Waals surface area contributed by atoms with Crippen LogP contribution in [0.3, 0.4) is 0 Å². The number of anilines is 1. The number of rotatable bonds is 5. The van der Waals surface area contributed by atoms with Crippen molar-refractivity contribution in [3.05, 3.63) is 64.1 Å². The smallest absolute Gasteiger partial charge is 0.279 e. The summed E-state index contributed by atoms with van der Waals surface area (Å²) in [5, 5.41) is 6.11. The largest absolute Gasteiger partial charge is 0.333 e. The summed E-state index contributed by atoms with van der Waals surface area (Å²) in [6.07, 6.45) is 0. The number of amides is 1. The van der Waals surface area contributed by atoms with Crippen LogP contribution >= 0.6 is 23.2 Å². The van der Waals surface area contributed by atoms with Gasteiger partial charge < -0.3 is 10.6 Å². The second-order valence-corrected chi connectivity index (χ2v) is 5.71. The van der Waals surface area contributed by atoms with Gasteiger partial charge in [0.1, 0.15) is 6.04 Å². The predicted octanol–water partition coefficient (Wildman–Crippen LogP) is 3.26. The van der Waals surface area contributed by atoms with Crippen LogP contribution in [0, 0.1) is 0 Å². The molecule has 0 aromatic heterocycles. The summed E-state index contributed by atoms with van der Waals surface area (Å²) in [5.41, 5.74) is 1.84. The van der Waals surface area contributed by atoms with Crippen LogP contribution in [0.15, 0.2) is 48.5 Å². The fraction of sp³-hybridized carbons (Fsp3) is 0.188. The molecule has 2 aromatic rings. The molecule has 2 aromatic carbocycles. The van der Waals surface area contributed by atoms with E-state index in [1.807, 2.05) is 35.6 Å². The van der Waals surface area contributed by atoms with Gasteiger partial charge in [-0.3, -0.25) is 4.79 Å². The van der Waals surface area contributed by atoms with Crippen molar-refractivity contribution >= 4 is 34.8 Å². The average Bonchev–Trinajstić information content (AvgIpc) is 2.45. The highest BCUT2D eigenvalue weighted by atomic mass is 35.5. The fourth-order valence-electron chi connectivity index (χ4n) is 1.96. The van der Waals surface area contributed by atoms with Gasteiger partial charge in [0.2, 0.25) is 0 Å².